The molecule has 0 aliphatic rings. The maximum Gasteiger partial charge on any atom is 0.191 e. The van der Waals surface area contributed by atoms with Crippen molar-refractivity contribution < 1.29 is 4.74 Å². The fraction of sp³-hybridized carbons (Fsp3) is 0.562. The minimum Gasteiger partial charge on any atom is -0.496 e. The largest absolute Gasteiger partial charge is 0.496 e. The molecule has 0 aliphatic heterocycles. The number of aliphatic imine (C=N–C) groups is 1. The lowest BCUT2D eigenvalue weighted by Crippen LogP contribution is -2.39. The molecule has 0 heterocycles. The van der Waals surface area contributed by atoms with E-state index in [9.17, 15) is 0 Å². The molecule has 0 amide bonds. The highest BCUT2D eigenvalue weighted by Crippen LogP contribution is 2.16. The summed E-state index contributed by atoms with van der Waals surface area (Å²) in [5.41, 5.74) is 1.13. The van der Waals surface area contributed by atoms with Crippen LogP contribution in [0.3, 0.4) is 0 Å². The monoisotopic (exact) mass is 405 g/mol. The summed E-state index contributed by atoms with van der Waals surface area (Å²) >= 11 is 0. The number of benzene rings is 1. The molecule has 0 fully saturated rings. The quantitative estimate of drug-likeness (QED) is 0.415. The fourth-order valence-electron chi connectivity index (χ4n) is 2.07. The molecule has 0 saturated carbocycles. The number of para-hydroxylation sites is 1. The van der Waals surface area contributed by atoms with Gasteiger partial charge in [-0.15, -0.1) is 24.0 Å². The number of nitrogens with one attached hydrogen (secondary N) is 2. The molecule has 1 aromatic carbocycles. The number of rotatable bonds is 7. The molecule has 0 saturated heterocycles. The molecule has 120 valence electrons. The molecule has 0 spiro atoms. The molecule has 0 aliphatic carbocycles. The van der Waals surface area contributed by atoms with E-state index in [1.165, 1.54) is 12.8 Å². The van der Waals surface area contributed by atoms with E-state index in [0.29, 0.717) is 12.5 Å². The van der Waals surface area contributed by atoms with Crippen LogP contribution in [0.15, 0.2) is 29.3 Å². The zero-order valence-corrected chi connectivity index (χ0v) is 15.8. The van der Waals surface area contributed by atoms with Crippen LogP contribution in [0, 0.1) is 5.92 Å². The Morgan fingerprint density at radius 3 is 2.43 bits per heavy atom. The summed E-state index contributed by atoms with van der Waals surface area (Å²) in [6.07, 6.45) is 2.38. The smallest absolute Gasteiger partial charge is 0.191 e. The number of halogens is 1. The van der Waals surface area contributed by atoms with Gasteiger partial charge in [-0.1, -0.05) is 44.9 Å². The molecular formula is C16H28IN3O. The van der Waals surface area contributed by atoms with Gasteiger partial charge in [0.05, 0.1) is 7.11 Å². The summed E-state index contributed by atoms with van der Waals surface area (Å²) in [6, 6.07) is 8.01. The van der Waals surface area contributed by atoms with E-state index in [1.54, 1.807) is 14.2 Å². The molecular weight excluding hydrogens is 377 g/mol. The van der Waals surface area contributed by atoms with Crippen LogP contribution < -0.4 is 15.4 Å². The molecule has 5 heteroatoms. The third kappa shape index (κ3) is 7.02. The van der Waals surface area contributed by atoms with Crippen molar-refractivity contribution in [2.45, 2.75) is 33.2 Å². The Balaban J connectivity index is 0.00000400. The van der Waals surface area contributed by atoms with Gasteiger partial charge in [-0.2, -0.15) is 0 Å². The Labute approximate surface area is 145 Å². The molecule has 0 unspecified atom stereocenters. The van der Waals surface area contributed by atoms with Crippen LogP contribution in [0.25, 0.3) is 0 Å². The number of guanidine groups is 1. The maximum absolute atomic E-state index is 5.34. The molecule has 0 bridgehead atoms. The average molecular weight is 405 g/mol. The lowest BCUT2D eigenvalue weighted by Gasteiger charge is -2.17. The van der Waals surface area contributed by atoms with Crippen molar-refractivity contribution in [3.05, 3.63) is 29.8 Å². The fourth-order valence-corrected chi connectivity index (χ4v) is 2.07. The third-order valence-electron chi connectivity index (χ3n) is 3.58. The van der Waals surface area contributed by atoms with Gasteiger partial charge in [0.1, 0.15) is 5.75 Å². The molecule has 0 aromatic heterocycles. The van der Waals surface area contributed by atoms with E-state index in [1.807, 2.05) is 18.2 Å². The van der Waals surface area contributed by atoms with E-state index in [-0.39, 0.29) is 24.0 Å². The average Bonchev–Trinajstić information content (AvgIpc) is 2.51. The van der Waals surface area contributed by atoms with Crippen molar-refractivity contribution in [3.8, 4) is 5.75 Å². The number of methoxy groups -OCH3 is 1. The number of ether oxygens (including phenoxy) is 1. The van der Waals surface area contributed by atoms with Gasteiger partial charge in [0.25, 0.3) is 0 Å². The molecule has 0 radical (unpaired) electrons. The first-order valence-electron chi connectivity index (χ1n) is 7.31. The first-order valence-corrected chi connectivity index (χ1v) is 7.31. The second-order valence-electron chi connectivity index (χ2n) is 4.80. The van der Waals surface area contributed by atoms with Crippen LogP contribution in [0.4, 0.5) is 0 Å². The first kappa shape index (κ1) is 20.0. The minimum absolute atomic E-state index is 0. The summed E-state index contributed by atoms with van der Waals surface area (Å²) in [4.78, 5) is 4.25. The Morgan fingerprint density at radius 2 is 1.86 bits per heavy atom. The zero-order chi connectivity index (χ0) is 14.8. The van der Waals surface area contributed by atoms with Gasteiger partial charge >= 0.3 is 0 Å². The summed E-state index contributed by atoms with van der Waals surface area (Å²) < 4.78 is 5.34. The number of hydrogen-bond donors (Lipinski definition) is 2. The lowest BCUT2D eigenvalue weighted by molar-refractivity contribution is 0.409. The summed E-state index contributed by atoms with van der Waals surface area (Å²) in [5.74, 6) is 2.43. The van der Waals surface area contributed by atoms with Crippen LogP contribution in [0.5, 0.6) is 5.75 Å². The van der Waals surface area contributed by atoms with Crippen LogP contribution in [0.2, 0.25) is 0 Å². The molecule has 2 N–H and O–H groups in total. The van der Waals surface area contributed by atoms with Crippen molar-refractivity contribution in [2.75, 3.05) is 20.7 Å². The molecule has 21 heavy (non-hydrogen) atoms. The van der Waals surface area contributed by atoms with E-state index in [2.05, 4.69) is 35.5 Å². The van der Waals surface area contributed by atoms with Gasteiger partial charge in [-0.25, -0.2) is 0 Å². The Kier molecular flexibility index (Phi) is 11.1. The second-order valence-corrected chi connectivity index (χ2v) is 4.80. The molecule has 1 rings (SSSR count). The molecule has 1 aromatic rings. The van der Waals surface area contributed by atoms with Crippen LogP contribution in [0.1, 0.15) is 32.3 Å². The van der Waals surface area contributed by atoms with Crippen molar-refractivity contribution in [3.63, 3.8) is 0 Å². The summed E-state index contributed by atoms with van der Waals surface area (Å²) in [6.45, 7) is 6.10. The predicted molar refractivity (Wildman–Crippen MR) is 101 cm³/mol. The molecule has 0 atom stereocenters. The van der Waals surface area contributed by atoms with E-state index in [0.717, 1.165) is 23.8 Å². The lowest BCUT2D eigenvalue weighted by atomic mass is 10.0. The highest BCUT2D eigenvalue weighted by molar-refractivity contribution is 14.0. The van der Waals surface area contributed by atoms with Crippen LogP contribution in [-0.4, -0.2) is 26.7 Å². The Morgan fingerprint density at radius 1 is 1.19 bits per heavy atom. The number of hydrogen-bond acceptors (Lipinski definition) is 2. The van der Waals surface area contributed by atoms with Gasteiger partial charge in [-0.05, 0) is 12.0 Å². The standard InChI is InChI=1S/C16H27N3O.HI/c1-5-13(6-2)11-18-16(17-3)19-12-14-9-7-8-10-15(14)20-4;/h7-10,13H,5-6,11-12H2,1-4H3,(H2,17,18,19);1H. The van der Waals surface area contributed by atoms with Gasteiger partial charge in [0.15, 0.2) is 5.96 Å². The third-order valence-corrected chi connectivity index (χ3v) is 3.58. The highest BCUT2D eigenvalue weighted by atomic mass is 127. The molecule has 4 nitrogen and oxygen atoms in total. The van der Waals surface area contributed by atoms with Crippen molar-refractivity contribution in [2.24, 2.45) is 10.9 Å². The van der Waals surface area contributed by atoms with Gasteiger partial charge in [-0.3, -0.25) is 4.99 Å². The second kappa shape index (κ2) is 11.7. The zero-order valence-electron chi connectivity index (χ0n) is 13.5. The first-order chi connectivity index (χ1) is 9.74. The number of nitrogens with zero attached hydrogens (tertiary/aromatic N) is 1. The predicted octanol–water partition coefficient (Wildman–Crippen LogP) is 3.41. The Hall–Kier alpha value is -0.980. The SMILES string of the molecule is CCC(CC)CNC(=NC)NCc1ccccc1OC.I. The normalized spacial score (nSPS) is 11.0. The van der Waals surface area contributed by atoms with Gasteiger partial charge in [0, 0.05) is 25.7 Å². The summed E-state index contributed by atoms with van der Waals surface area (Å²) in [5, 5.41) is 6.70. The van der Waals surface area contributed by atoms with E-state index in [4.69, 9.17) is 4.74 Å². The van der Waals surface area contributed by atoms with Crippen LogP contribution in [-0.2, 0) is 6.54 Å². The van der Waals surface area contributed by atoms with Crippen molar-refractivity contribution in [1.29, 1.82) is 0 Å². The van der Waals surface area contributed by atoms with Gasteiger partial charge < -0.3 is 15.4 Å². The topological polar surface area (TPSA) is 45.7 Å². The van der Waals surface area contributed by atoms with E-state index < -0.39 is 0 Å². The van der Waals surface area contributed by atoms with Crippen LogP contribution >= 0.6 is 24.0 Å². The highest BCUT2D eigenvalue weighted by Gasteiger charge is 2.06. The summed E-state index contributed by atoms with van der Waals surface area (Å²) in [7, 11) is 3.49. The van der Waals surface area contributed by atoms with Crippen molar-refractivity contribution in [1.82, 2.24) is 10.6 Å². The van der Waals surface area contributed by atoms with E-state index >= 15 is 0 Å². The maximum atomic E-state index is 5.34. The van der Waals surface area contributed by atoms with Gasteiger partial charge in [0.2, 0.25) is 0 Å². The minimum atomic E-state index is 0. The van der Waals surface area contributed by atoms with Crippen molar-refractivity contribution >= 4 is 29.9 Å². The Bertz CT molecular complexity index is 420.